The highest BCUT2D eigenvalue weighted by Gasteiger charge is 2.27. The van der Waals surface area contributed by atoms with Gasteiger partial charge >= 0.3 is 11.9 Å². The third-order valence-electron chi connectivity index (χ3n) is 1.56. The predicted octanol–water partition coefficient (Wildman–Crippen LogP) is 0.632. The lowest BCUT2D eigenvalue weighted by molar-refractivity contribution is -0.152. The first-order valence-electron chi connectivity index (χ1n) is 3.29. The van der Waals surface area contributed by atoms with Crippen LogP contribution in [0.2, 0.25) is 0 Å². The van der Waals surface area contributed by atoms with E-state index in [1.165, 1.54) is 0 Å². The molecule has 0 fully saturated rings. The number of carboxylic acid groups (broad SMARTS) is 2. The number of hydrogen-bond donors (Lipinski definition) is 2. The highest BCUT2D eigenvalue weighted by molar-refractivity contribution is 5.80. The van der Waals surface area contributed by atoms with Crippen molar-refractivity contribution in [1.82, 2.24) is 0 Å². The Morgan fingerprint density at radius 2 is 1.82 bits per heavy atom. The Labute approximate surface area is 64.8 Å². The average Bonchev–Trinajstić information content (AvgIpc) is 1.88. The minimum atomic E-state index is -1.17. The van der Waals surface area contributed by atoms with Crippen LogP contribution < -0.4 is 0 Å². The Hall–Kier alpha value is -1.06. The third kappa shape index (κ3) is 2.57. The lowest BCUT2D eigenvalue weighted by Crippen LogP contribution is -2.27. The number of carbonyl (C=O) groups is 2. The molecule has 4 heteroatoms. The summed E-state index contributed by atoms with van der Waals surface area (Å²) in [5.74, 6) is -4.21. The SMILES string of the molecule is [CH2]C(C(=O)O)C(CC)C(=O)O. The van der Waals surface area contributed by atoms with Crippen LogP contribution in [-0.2, 0) is 9.59 Å². The molecule has 11 heavy (non-hydrogen) atoms. The monoisotopic (exact) mass is 159 g/mol. The summed E-state index contributed by atoms with van der Waals surface area (Å²) < 4.78 is 0. The lowest BCUT2D eigenvalue weighted by atomic mass is 9.92. The first kappa shape index (κ1) is 9.94. The molecule has 1 radical (unpaired) electrons. The second kappa shape index (κ2) is 3.95. The van der Waals surface area contributed by atoms with E-state index < -0.39 is 23.8 Å². The van der Waals surface area contributed by atoms with Gasteiger partial charge in [-0.05, 0) is 13.3 Å². The molecule has 0 aliphatic rings. The molecule has 4 nitrogen and oxygen atoms in total. The molecule has 0 heterocycles. The summed E-state index contributed by atoms with van der Waals surface area (Å²) in [5.41, 5.74) is 0. The van der Waals surface area contributed by atoms with E-state index in [1.54, 1.807) is 6.92 Å². The van der Waals surface area contributed by atoms with Gasteiger partial charge in [0.1, 0.15) is 0 Å². The molecule has 0 aliphatic heterocycles. The zero-order valence-electron chi connectivity index (χ0n) is 6.28. The molecule has 0 aliphatic carbocycles. The molecule has 0 bridgehead atoms. The van der Waals surface area contributed by atoms with Crippen molar-refractivity contribution in [2.45, 2.75) is 13.3 Å². The highest BCUT2D eigenvalue weighted by Crippen LogP contribution is 2.15. The maximum atomic E-state index is 10.4. The van der Waals surface area contributed by atoms with Gasteiger partial charge in [-0.25, -0.2) is 0 Å². The van der Waals surface area contributed by atoms with Crippen LogP contribution in [0.15, 0.2) is 0 Å². The Balaban J connectivity index is 4.25. The van der Waals surface area contributed by atoms with Crippen LogP contribution in [0.4, 0.5) is 0 Å². The van der Waals surface area contributed by atoms with Gasteiger partial charge in [-0.1, -0.05) is 6.92 Å². The van der Waals surface area contributed by atoms with Crippen molar-refractivity contribution in [1.29, 1.82) is 0 Å². The van der Waals surface area contributed by atoms with Crippen LogP contribution in [0.5, 0.6) is 0 Å². The van der Waals surface area contributed by atoms with E-state index in [1.807, 2.05) is 0 Å². The van der Waals surface area contributed by atoms with Gasteiger partial charge in [-0.2, -0.15) is 0 Å². The Morgan fingerprint density at radius 1 is 1.36 bits per heavy atom. The number of carboxylic acids is 2. The van der Waals surface area contributed by atoms with Crippen LogP contribution in [0, 0.1) is 18.8 Å². The van der Waals surface area contributed by atoms with Gasteiger partial charge in [-0.15, -0.1) is 0 Å². The lowest BCUT2D eigenvalue weighted by Gasteiger charge is -2.13. The number of aliphatic carboxylic acids is 2. The van der Waals surface area contributed by atoms with Crippen molar-refractivity contribution < 1.29 is 19.8 Å². The predicted molar refractivity (Wildman–Crippen MR) is 37.9 cm³/mol. The molecule has 0 aromatic rings. The molecule has 2 atom stereocenters. The largest absolute Gasteiger partial charge is 0.481 e. The summed E-state index contributed by atoms with van der Waals surface area (Å²) in [6, 6.07) is 0. The smallest absolute Gasteiger partial charge is 0.307 e. The molecule has 0 amide bonds. The minimum absolute atomic E-state index is 0.288. The molecule has 2 N–H and O–H groups in total. The standard InChI is InChI=1S/C7H11O4/c1-3-5(7(10)11)4(2)6(8)9/h4-5H,2-3H2,1H3,(H,8,9)(H,10,11). The van der Waals surface area contributed by atoms with Crippen molar-refractivity contribution in [3.8, 4) is 0 Å². The molecule has 63 valence electrons. The Bertz CT molecular complexity index is 164. The van der Waals surface area contributed by atoms with Crippen LogP contribution in [-0.4, -0.2) is 22.2 Å². The maximum Gasteiger partial charge on any atom is 0.307 e. The van der Waals surface area contributed by atoms with Crippen LogP contribution in [0.1, 0.15) is 13.3 Å². The summed E-state index contributed by atoms with van der Waals surface area (Å²) in [7, 11) is 0. The van der Waals surface area contributed by atoms with Gasteiger partial charge in [0.05, 0.1) is 11.8 Å². The van der Waals surface area contributed by atoms with E-state index in [0.29, 0.717) is 0 Å². The van der Waals surface area contributed by atoms with E-state index in [0.717, 1.165) is 0 Å². The highest BCUT2D eigenvalue weighted by atomic mass is 16.4. The van der Waals surface area contributed by atoms with E-state index >= 15 is 0 Å². The summed E-state index contributed by atoms with van der Waals surface area (Å²) in [6.45, 7) is 4.87. The van der Waals surface area contributed by atoms with Gasteiger partial charge < -0.3 is 10.2 Å². The van der Waals surface area contributed by atoms with Gasteiger partial charge in [0.25, 0.3) is 0 Å². The zero-order valence-corrected chi connectivity index (χ0v) is 6.28. The van der Waals surface area contributed by atoms with Crippen molar-refractivity contribution in [2.75, 3.05) is 0 Å². The molecule has 0 saturated carbocycles. The molecule has 2 unspecified atom stereocenters. The fraction of sp³-hybridized carbons (Fsp3) is 0.571. The van der Waals surface area contributed by atoms with E-state index in [4.69, 9.17) is 10.2 Å². The Kier molecular flexibility index (Phi) is 3.57. The molecule has 0 rings (SSSR count). The first-order valence-corrected chi connectivity index (χ1v) is 3.29. The van der Waals surface area contributed by atoms with E-state index in [2.05, 4.69) is 6.92 Å². The molecule has 0 spiro atoms. The fourth-order valence-electron chi connectivity index (χ4n) is 0.803. The Morgan fingerprint density at radius 3 is 1.91 bits per heavy atom. The van der Waals surface area contributed by atoms with Crippen molar-refractivity contribution in [3.05, 3.63) is 6.92 Å². The fourth-order valence-corrected chi connectivity index (χ4v) is 0.803. The van der Waals surface area contributed by atoms with Crippen LogP contribution in [0.3, 0.4) is 0 Å². The summed E-state index contributed by atoms with van der Waals surface area (Å²) in [6.07, 6.45) is 0.288. The molecule has 0 saturated heterocycles. The van der Waals surface area contributed by atoms with Gasteiger partial charge in [0, 0.05) is 0 Å². The summed E-state index contributed by atoms with van der Waals surface area (Å²) >= 11 is 0. The number of rotatable bonds is 4. The number of hydrogen-bond acceptors (Lipinski definition) is 2. The average molecular weight is 159 g/mol. The van der Waals surface area contributed by atoms with Crippen molar-refractivity contribution in [2.24, 2.45) is 11.8 Å². The van der Waals surface area contributed by atoms with Gasteiger partial charge in [0.15, 0.2) is 0 Å². The zero-order chi connectivity index (χ0) is 9.02. The quantitative estimate of drug-likeness (QED) is 0.631. The second-order valence-corrected chi connectivity index (χ2v) is 2.30. The van der Waals surface area contributed by atoms with Crippen molar-refractivity contribution >= 4 is 11.9 Å². The molecular weight excluding hydrogens is 148 g/mol. The van der Waals surface area contributed by atoms with Crippen molar-refractivity contribution in [3.63, 3.8) is 0 Å². The first-order chi connectivity index (χ1) is 5.00. The maximum absolute atomic E-state index is 10.4. The molecule has 0 aromatic carbocycles. The molecular formula is C7H11O4. The van der Waals surface area contributed by atoms with Gasteiger partial charge in [0.2, 0.25) is 0 Å². The minimum Gasteiger partial charge on any atom is -0.481 e. The third-order valence-corrected chi connectivity index (χ3v) is 1.56. The van der Waals surface area contributed by atoms with E-state index in [9.17, 15) is 9.59 Å². The summed E-state index contributed by atoms with van der Waals surface area (Å²) in [5, 5.41) is 16.9. The van der Waals surface area contributed by atoms with E-state index in [-0.39, 0.29) is 6.42 Å². The summed E-state index contributed by atoms with van der Waals surface area (Å²) in [4.78, 5) is 20.7. The molecule has 0 aromatic heterocycles. The van der Waals surface area contributed by atoms with Crippen LogP contribution in [0.25, 0.3) is 0 Å². The van der Waals surface area contributed by atoms with Crippen LogP contribution >= 0.6 is 0 Å². The second-order valence-electron chi connectivity index (χ2n) is 2.30. The topological polar surface area (TPSA) is 74.6 Å². The normalized spacial score (nSPS) is 15.5. The van der Waals surface area contributed by atoms with Gasteiger partial charge in [-0.3, -0.25) is 9.59 Å².